The molecule has 1 saturated heterocycles. The number of rotatable bonds is 37. The average molecular weight is 1440 g/mol. The van der Waals surface area contributed by atoms with E-state index < -0.39 is 229 Å². The molecule has 1 aromatic carbocycles. The zero-order chi connectivity index (χ0) is 78.2. The van der Waals surface area contributed by atoms with E-state index in [1.165, 1.54) is 96.0 Å². The molecule has 12 N–H and O–H groups in total. The topological polar surface area (TPSA) is 441 Å². The minimum atomic E-state index is -2.49. The van der Waals surface area contributed by atoms with Crippen LogP contribution in [0.4, 0.5) is 5.69 Å². The second-order valence-corrected chi connectivity index (χ2v) is 28.9. The van der Waals surface area contributed by atoms with E-state index in [-0.39, 0.29) is 11.3 Å². The van der Waals surface area contributed by atoms with E-state index in [1.807, 2.05) is 6.92 Å². The predicted molar refractivity (Wildman–Crippen MR) is 373 cm³/mol. The first-order chi connectivity index (χ1) is 46.6. The number of aromatic carboxylic acids is 1. The summed E-state index contributed by atoms with van der Waals surface area (Å²) in [7, 11) is 9.30. The van der Waals surface area contributed by atoms with E-state index >= 15 is 19.2 Å². The molecule has 32 nitrogen and oxygen atoms in total. The molecule has 1 aliphatic rings. The van der Waals surface area contributed by atoms with Crippen LogP contribution in [-0.4, -0.2) is 302 Å². The Morgan fingerprint density at radius 1 is 0.525 bits per heavy atom. The number of amides is 11. The standard InChI is InChI=1S/C69H118N12O20/c1-25-39(14)48(62(92)78(21)52(36(8)9)64(94)75(18)30-46(85)71-44-29-27-26-28-43(44)68(98)99)73-60(90)51(35(6)7)76(19)65(95)54(38(12)13)80(23)66(96)53(37(10)11)79(22)61(91)47(33(2)3)72-59(89)50(34(4)5)77(20)67(97)55(81(24)63(93)49(41(16)84)74-58(88)40(15)70)42(17)100-69(32-83)57(87)56(86)45(31-82)101-69/h26-29,33-42,45,47-57,82-84,86-87H,25,30-32,70H2,1-24H3,(H,71,85)(H,72,89)(H,73,90)(H,74,88)(H,98,99). The van der Waals surface area contributed by atoms with Crippen LogP contribution >= 0.6 is 0 Å². The number of benzene rings is 1. The Balaban J connectivity index is 2.59. The SMILES string of the molecule is CCC(C)C(NC(=O)C(C(C)C)N(C)C(=O)C(C(C)C)N(C)C(=O)C(C(C)C)N(C)C(=O)C(NC(=O)C(C(C)C)N(C)C(=O)C(C(C)OC1(CO)OC(CO)C(O)C1O)N(C)C(=O)C(NC(=O)C(C)N)C(C)O)C(C)C)C(=O)N(C)C(C(=O)N(C)CC(=O)Nc1ccccc1C(=O)O)C(C)C. The molecule has 2 rings (SSSR count). The zero-order valence-electron chi connectivity index (χ0n) is 63.4. The van der Waals surface area contributed by atoms with Crippen LogP contribution in [0, 0.1) is 41.4 Å². The highest BCUT2D eigenvalue weighted by Gasteiger charge is 2.57. The van der Waals surface area contributed by atoms with Gasteiger partial charge in [-0.2, -0.15) is 0 Å². The van der Waals surface area contributed by atoms with Crippen molar-refractivity contribution >= 4 is 76.6 Å². The summed E-state index contributed by atoms with van der Waals surface area (Å²) in [5.41, 5.74) is 5.63. The van der Waals surface area contributed by atoms with E-state index in [0.717, 1.165) is 26.6 Å². The van der Waals surface area contributed by atoms with Gasteiger partial charge in [0.05, 0.1) is 42.7 Å². The first kappa shape index (κ1) is 89.6. The van der Waals surface area contributed by atoms with Gasteiger partial charge in [-0.05, 0) is 74.3 Å². The van der Waals surface area contributed by atoms with Crippen LogP contribution in [0.3, 0.4) is 0 Å². The number of para-hydroxylation sites is 1. The Morgan fingerprint density at radius 2 is 0.901 bits per heavy atom. The molecule has 11 amide bonds. The van der Waals surface area contributed by atoms with Crippen molar-refractivity contribution in [2.24, 2.45) is 47.2 Å². The van der Waals surface area contributed by atoms with Crippen molar-refractivity contribution in [2.75, 3.05) is 74.4 Å². The number of carboxylic acid groups (broad SMARTS) is 1. The largest absolute Gasteiger partial charge is 0.478 e. The van der Waals surface area contributed by atoms with Gasteiger partial charge in [-0.3, -0.25) is 52.7 Å². The zero-order valence-corrected chi connectivity index (χ0v) is 63.4. The Kier molecular flexibility index (Phi) is 34.3. The number of aliphatic hydroxyl groups is 5. The van der Waals surface area contributed by atoms with Crippen molar-refractivity contribution in [1.82, 2.24) is 50.2 Å². The third-order valence-corrected chi connectivity index (χ3v) is 18.7. The summed E-state index contributed by atoms with van der Waals surface area (Å²) in [5.74, 6) is -16.7. The van der Waals surface area contributed by atoms with E-state index in [1.54, 1.807) is 96.1 Å². The van der Waals surface area contributed by atoms with Crippen molar-refractivity contribution in [1.29, 1.82) is 0 Å². The average Bonchev–Trinajstić information content (AvgIpc) is 1.68. The Morgan fingerprint density at radius 3 is 1.29 bits per heavy atom. The molecule has 0 radical (unpaired) electrons. The number of likely N-dealkylation sites (N-methyl/N-ethyl adjacent to an activating group) is 7. The molecule has 0 aromatic heterocycles. The summed E-state index contributed by atoms with van der Waals surface area (Å²) in [6.07, 6.45) is -8.14. The van der Waals surface area contributed by atoms with Gasteiger partial charge in [-0.1, -0.05) is 115 Å². The van der Waals surface area contributed by atoms with E-state index in [2.05, 4.69) is 21.3 Å². The molecular weight excluding hydrogens is 1320 g/mol. The van der Waals surface area contributed by atoms with Crippen LogP contribution in [0.2, 0.25) is 0 Å². The van der Waals surface area contributed by atoms with Crippen LogP contribution in [-0.2, 0) is 62.2 Å². The number of carboxylic acids is 1. The maximum Gasteiger partial charge on any atom is 0.337 e. The first-order valence-electron chi connectivity index (χ1n) is 34.4. The smallest absolute Gasteiger partial charge is 0.337 e. The molecule has 0 bridgehead atoms. The minimum absolute atomic E-state index is 0.0232. The van der Waals surface area contributed by atoms with Gasteiger partial charge in [-0.25, -0.2) is 4.79 Å². The fourth-order valence-corrected chi connectivity index (χ4v) is 12.8. The maximum atomic E-state index is 15.2. The second kappa shape index (κ2) is 38.7. The molecule has 17 atom stereocenters. The summed E-state index contributed by atoms with van der Waals surface area (Å²) in [6.45, 7) is 24.9. The lowest BCUT2D eigenvalue weighted by molar-refractivity contribution is -0.296. The normalized spacial score (nSPS) is 20.0. The van der Waals surface area contributed by atoms with Crippen molar-refractivity contribution in [3.63, 3.8) is 0 Å². The first-order valence-corrected chi connectivity index (χ1v) is 34.4. The molecule has 0 spiro atoms. The van der Waals surface area contributed by atoms with Crippen LogP contribution in [0.25, 0.3) is 0 Å². The predicted octanol–water partition coefficient (Wildman–Crippen LogP) is -0.885. The van der Waals surface area contributed by atoms with Crippen molar-refractivity contribution in [3.8, 4) is 0 Å². The molecule has 101 heavy (non-hydrogen) atoms. The van der Waals surface area contributed by atoms with Crippen LogP contribution in [0.5, 0.6) is 0 Å². The van der Waals surface area contributed by atoms with Crippen LogP contribution < -0.4 is 27.0 Å². The van der Waals surface area contributed by atoms with Crippen LogP contribution in [0.15, 0.2) is 24.3 Å². The highest BCUT2D eigenvalue weighted by molar-refractivity contribution is 6.03. The number of hydrogen-bond donors (Lipinski definition) is 11. The van der Waals surface area contributed by atoms with Crippen molar-refractivity contribution in [3.05, 3.63) is 29.8 Å². The highest BCUT2D eigenvalue weighted by Crippen LogP contribution is 2.35. The number of carbonyl (C=O) groups excluding carboxylic acids is 11. The summed E-state index contributed by atoms with van der Waals surface area (Å²) in [4.78, 5) is 179. The summed E-state index contributed by atoms with van der Waals surface area (Å²) >= 11 is 0. The van der Waals surface area contributed by atoms with Gasteiger partial charge >= 0.3 is 5.97 Å². The molecule has 0 saturated carbocycles. The Bertz CT molecular complexity index is 3040. The molecule has 0 aliphatic carbocycles. The quantitative estimate of drug-likeness (QED) is 0.0385. The number of nitrogens with one attached hydrogen (secondary N) is 4. The Hall–Kier alpha value is -7.46. The molecule has 17 unspecified atom stereocenters. The molecule has 574 valence electrons. The van der Waals surface area contributed by atoms with Crippen LogP contribution in [0.1, 0.15) is 134 Å². The second-order valence-electron chi connectivity index (χ2n) is 28.9. The highest BCUT2D eigenvalue weighted by atomic mass is 16.7. The van der Waals surface area contributed by atoms with Gasteiger partial charge in [0.2, 0.25) is 70.8 Å². The maximum absolute atomic E-state index is 15.2. The fourth-order valence-electron chi connectivity index (χ4n) is 12.8. The molecule has 1 aromatic rings. The van der Waals surface area contributed by atoms with E-state index in [0.29, 0.717) is 6.42 Å². The lowest BCUT2D eigenvalue weighted by Crippen LogP contribution is -2.65. The molecule has 1 fully saturated rings. The van der Waals surface area contributed by atoms with Gasteiger partial charge in [0, 0.05) is 49.3 Å². The summed E-state index contributed by atoms with van der Waals surface area (Å²) in [6, 6.07) is -8.03. The summed E-state index contributed by atoms with van der Waals surface area (Å²) in [5, 5.41) is 73.2. The monoisotopic (exact) mass is 1430 g/mol. The number of nitrogens with zero attached hydrogens (tertiary/aromatic N) is 7. The van der Waals surface area contributed by atoms with Gasteiger partial charge < -0.3 is 101 Å². The lowest BCUT2D eigenvalue weighted by atomic mass is 9.93. The molecular formula is C69H118N12O20. The lowest BCUT2D eigenvalue weighted by Gasteiger charge is -2.42. The molecule has 32 heteroatoms. The number of anilines is 1. The van der Waals surface area contributed by atoms with Gasteiger partial charge in [-0.15, -0.1) is 0 Å². The van der Waals surface area contributed by atoms with Gasteiger partial charge in [0.15, 0.2) is 0 Å². The third-order valence-electron chi connectivity index (χ3n) is 18.7. The van der Waals surface area contributed by atoms with E-state index in [4.69, 9.17) is 15.2 Å². The Labute approximate surface area is 594 Å². The van der Waals surface area contributed by atoms with Crippen molar-refractivity contribution in [2.45, 2.75) is 221 Å². The fraction of sp³-hybridized carbons (Fsp3) is 0.739. The van der Waals surface area contributed by atoms with Crippen molar-refractivity contribution < 1.29 is 97.6 Å². The van der Waals surface area contributed by atoms with E-state index in [9.17, 15) is 69.0 Å². The number of carbonyl (C=O) groups is 12. The minimum Gasteiger partial charge on any atom is -0.478 e. The third kappa shape index (κ3) is 21.8. The molecule has 1 heterocycles. The van der Waals surface area contributed by atoms with Gasteiger partial charge in [0.25, 0.3) is 0 Å². The number of nitrogens with two attached hydrogens (primary N) is 1. The summed E-state index contributed by atoms with van der Waals surface area (Å²) < 4.78 is 11.7. The van der Waals surface area contributed by atoms with Gasteiger partial charge in [0.1, 0.15) is 79.3 Å². The number of aliphatic hydroxyl groups excluding tert-OH is 5. The number of hydrogen-bond acceptors (Lipinski definition) is 20. The molecule has 1 aliphatic heterocycles. The number of ether oxygens (including phenoxy) is 2.